The molecule has 2 aliphatic rings. The molecule has 4 nitrogen and oxygen atoms in total. The fraction of sp³-hybridized carbons (Fsp3) is 1.00. The van der Waals surface area contributed by atoms with Crippen molar-refractivity contribution in [3.63, 3.8) is 0 Å². The SMILES string of the molecule is CN1CCOC(COC2CCCNC2)C1. The lowest BCUT2D eigenvalue weighted by molar-refractivity contribution is -0.0831. The Balaban J connectivity index is 1.63. The summed E-state index contributed by atoms with van der Waals surface area (Å²) in [6.45, 7) is 5.77. The Labute approximate surface area is 91.9 Å². The zero-order valence-corrected chi connectivity index (χ0v) is 9.58. The number of likely N-dealkylation sites (N-methyl/N-ethyl adjacent to an activating group) is 1. The zero-order chi connectivity index (χ0) is 10.5. The quantitative estimate of drug-likeness (QED) is 0.722. The first kappa shape index (κ1) is 11.3. The maximum absolute atomic E-state index is 5.86. The molecule has 2 fully saturated rings. The molecule has 2 aliphatic heterocycles. The van der Waals surface area contributed by atoms with E-state index in [-0.39, 0.29) is 6.10 Å². The summed E-state index contributed by atoms with van der Waals surface area (Å²) >= 11 is 0. The molecule has 1 N–H and O–H groups in total. The van der Waals surface area contributed by atoms with Crippen LogP contribution in [-0.2, 0) is 9.47 Å². The van der Waals surface area contributed by atoms with Gasteiger partial charge in [0.15, 0.2) is 0 Å². The molecule has 0 saturated carbocycles. The average Bonchev–Trinajstić information content (AvgIpc) is 2.28. The number of morpholine rings is 1. The minimum atomic E-state index is 0.269. The van der Waals surface area contributed by atoms with Crippen LogP contribution in [0, 0.1) is 0 Å². The Morgan fingerprint density at radius 1 is 1.53 bits per heavy atom. The fourth-order valence-electron chi connectivity index (χ4n) is 2.17. The third kappa shape index (κ3) is 3.72. The molecule has 0 amide bonds. The van der Waals surface area contributed by atoms with Gasteiger partial charge in [-0.05, 0) is 26.4 Å². The zero-order valence-electron chi connectivity index (χ0n) is 9.58. The number of hydrogen-bond donors (Lipinski definition) is 1. The Morgan fingerprint density at radius 3 is 3.20 bits per heavy atom. The molecular weight excluding hydrogens is 192 g/mol. The van der Waals surface area contributed by atoms with E-state index in [4.69, 9.17) is 9.47 Å². The molecule has 0 radical (unpaired) electrons. The number of ether oxygens (including phenoxy) is 2. The summed E-state index contributed by atoms with van der Waals surface area (Å²) in [5.74, 6) is 0. The van der Waals surface area contributed by atoms with Crippen molar-refractivity contribution in [2.75, 3.05) is 46.4 Å². The van der Waals surface area contributed by atoms with Crippen LogP contribution in [0.3, 0.4) is 0 Å². The largest absolute Gasteiger partial charge is 0.374 e. The van der Waals surface area contributed by atoms with E-state index < -0.39 is 0 Å². The second-order valence-electron chi connectivity index (χ2n) is 4.56. The van der Waals surface area contributed by atoms with Crippen LogP contribution in [0.4, 0.5) is 0 Å². The summed E-state index contributed by atoms with van der Waals surface area (Å²) in [6, 6.07) is 0. The van der Waals surface area contributed by atoms with Gasteiger partial charge in [0, 0.05) is 19.6 Å². The molecule has 4 heteroatoms. The standard InChI is InChI=1S/C11H22N2O2/c1-13-5-6-14-11(8-13)9-15-10-3-2-4-12-7-10/h10-12H,2-9H2,1H3. The van der Waals surface area contributed by atoms with Crippen LogP contribution in [0.15, 0.2) is 0 Å². The molecule has 88 valence electrons. The monoisotopic (exact) mass is 214 g/mol. The van der Waals surface area contributed by atoms with E-state index in [1.165, 1.54) is 12.8 Å². The van der Waals surface area contributed by atoms with E-state index in [1.807, 2.05) is 0 Å². The Morgan fingerprint density at radius 2 is 2.47 bits per heavy atom. The van der Waals surface area contributed by atoms with Crippen molar-refractivity contribution >= 4 is 0 Å². The van der Waals surface area contributed by atoms with Gasteiger partial charge in [0.1, 0.15) is 0 Å². The van der Waals surface area contributed by atoms with E-state index >= 15 is 0 Å². The van der Waals surface area contributed by atoms with Gasteiger partial charge in [-0.3, -0.25) is 0 Å². The maximum Gasteiger partial charge on any atom is 0.0935 e. The van der Waals surface area contributed by atoms with Crippen molar-refractivity contribution in [2.45, 2.75) is 25.0 Å². The van der Waals surface area contributed by atoms with Crippen LogP contribution in [0.1, 0.15) is 12.8 Å². The molecule has 0 bridgehead atoms. The molecule has 0 aromatic carbocycles. The predicted molar refractivity (Wildman–Crippen MR) is 59.1 cm³/mol. The van der Waals surface area contributed by atoms with Crippen molar-refractivity contribution < 1.29 is 9.47 Å². The Bertz CT molecular complexity index is 183. The van der Waals surface area contributed by atoms with Gasteiger partial charge in [-0.2, -0.15) is 0 Å². The van der Waals surface area contributed by atoms with Crippen LogP contribution in [0.2, 0.25) is 0 Å². The van der Waals surface area contributed by atoms with Gasteiger partial charge in [0.05, 0.1) is 25.4 Å². The molecule has 2 heterocycles. The minimum Gasteiger partial charge on any atom is -0.374 e. The number of hydrogen-bond acceptors (Lipinski definition) is 4. The van der Waals surface area contributed by atoms with Crippen molar-refractivity contribution in [1.29, 1.82) is 0 Å². The molecule has 0 spiro atoms. The minimum absolute atomic E-state index is 0.269. The van der Waals surface area contributed by atoms with Crippen molar-refractivity contribution in [3.8, 4) is 0 Å². The first-order valence-electron chi connectivity index (χ1n) is 5.97. The molecule has 2 atom stereocenters. The van der Waals surface area contributed by atoms with Crippen LogP contribution >= 0.6 is 0 Å². The second kappa shape index (κ2) is 5.80. The van der Waals surface area contributed by atoms with E-state index in [0.717, 1.165) is 39.4 Å². The summed E-state index contributed by atoms with van der Waals surface area (Å²) in [5, 5.41) is 3.36. The van der Waals surface area contributed by atoms with E-state index in [1.54, 1.807) is 0 Å². The highest BCUT2D eigenvalue weighted by Crippen LogP contribution is 2.09. The Hall–Kier alpha value is -0.160. The van der Waals surface area contributed by atoms with Crippen LogP contribution < -0.4 is 5.32 Å². The average molecular weight is 214 g/mol. The Kier molecular flexibility index (Phi) is 4.38. The molecule has 0 aromatic heterocycles. The first-order chi connectivity index (χ1) is 7.34. The first-order valence-corrected chi connectivity index (χ1v) is 5.97. The highest BCUT2D eigenvalue weighted by molar-refractivity contribution is 4.72. The van der Waals surface area contributed by atoms with Gasteiger partial charge in [0.2, 0.25) is 0 Å². The summed E-state index contributed by atoms with van der Waals surface area (Å²) in [4.78, 5) is 2.30. The normalized spacial score (nSPS) is 34.2. The number of nitrogens with one attached hydrogen (secondary N) is 1. The molecule has 15 heavy (non-hydrogen) atoms. The third-order valence-corrected chi connectivity index (χ3v) is 3.11. The summed E-state index contributed by atoms with van der Waals surface area (Å²) in [5.41, 5.74) is 0. The molecule has 2 saturated heterocycles. The lowest BCUT2D eigenvalue weighted by Gasteiger charge is -2.31. The lowest BCUT2D eigenvalue weighted by Crippen LogP contribution is -2.44. The topological polar surface area (TPSA) is 33.7 Å². The lowest BCUT2D eigenvalue weighted by atomic mass is 10.1. The van der Waals surface area contributed by atoms with E-state index in [0.29, 0.717) is 6.10 Å². The third-order valence-electron chi connectivity index (χ3n) is 3.11. The van der Waals surface area contributed by atoms with Crippen LogP contribution in [0.25, 0.3) is 0 Å². The fourth-order valence-corrected chi connectivity index (χ4v) is 2.17. The van der Waals surface area contributed by atoms with Crippen molar-refractivity contribution in [2.24, 2.45) is 0 Å². The van der Waals surface area contributed by atoms with Crippen LogP contribution in [-0.4, -0.2) is 63.5 Å². The van der Waals surface area contributed by atoms with Gasteiger partial charge >= 0.3 is 0 Å². The second-order valence-corrected chi connectivity index (χ2v) is 4.56. The van der Waals surface area contributed by atoms with Gasteiger partial charge in [-0.1, -0.05) is 0 Å². The van der Waals surface area contributed by atoms with Crippen molar-refractivity contribution in [3.05, 3.63) is 0 Å². The van der Waals surface area contributed by atoms with E-state index in [2.05, 4.69) is 17.3 Å². The molecule has 0 aromatic rings. The summed E-state index contributed by atoms with van der Waals surface area (Å²) in [6.07, 6.45) is 3.09. The number of rotatable bonds is 3. The van der Waals surface area contributed by atoms with Gasteiger partial charge in [-0.15, -0.1) is 0 Å². The van der Waals surface area contributed by atoms with Gasteiger partial charge < -0.3 is 19.7 Å². The van der Waals surface area contributed by atoms with Gasteiger partial charge in [-0.25, -0.2) is 0 Å². The smallest absolute Gasteiger partial charge is 0.0935 e. The summed E-state index contributed by atoms with van der Waals surface area (Å²) < 4.78 is 11.5. The van der Waals surface area contributed by atoms with Crippen LogP contribution in [0.5, 0.6) is 0 Å². The predicted octanol–water partition coefficient (Wildman–Crippen LogP) is 0.0856. The maximum atomic E-state index is 5.86. The molecule has 0 aliphatic carbocycles. The number of piperidine rings is 1. The van der Waals surface area contributed by atoms with E-state index in [9.17, 15) is 0 Å². The molecule has 2 unspecified atom stereocenters. The molecule has 2 rings (SSSR count). The highest BCUT2D eigenvalue weighted by atomic mass is 16.5. The summed E-state index contributed by atoms with van der Waals surface area (Å²) in [7, 11) is 2.14. The molecular formula is C11H22N2O2. The number of nitrogens with zero attached hydrogens (tertiary/aromatic N) is 1. The van der Waals surface area contributed by atoms with Crippen molar-refractivity contribution in [1.82, 2.24) is 10.2 Å². The van der Waals surface area contributed by atoms with Gasteiger partial charge in [0.25, 0.3) is 0 Å². The highest BCUT2D eigenvalue weighted by Gasteiger charge is 2.20.